The highest BCUT2D eigenvalue weighted by Gasteiger charge is 2.10. The highest BCUT2D eigenvalue weighted by molar-refractivity contribution is 6.09. The number of hydrogen-bond acceptors (Lipinski definition) is 4. The van der Waals surface area contributed by atoms with Gasteiger partial charge in [0.25, 0.3) is 0 Å². The van der Waals surface area contributed by atoms with E-state index in [0.717, 1.165) is 11.1 Å². The van der Waals surface area contributed by atoms with Crippen LogP contribution >= 0.6 is 0 Å². The van der Waals surface area contributed by atoms with Crippen LogP contribution in [0.15, 0.2) is 48.5 Å². The van der Waals surface area contributed by atoms with E-state index in [2.05, 4.69) is 10.1 Å². The highest BCUT2D eigenvalue weighted by Crippen LogP contribution is 2.13. The van der Waals surface area contributed by atoms with E-state index in [4.69, 9.17) is 0 Å². The minimum Gasteiger partial charge on any atom is -0.469 e. The molecular formula is C19H19NO4. The van der Waals surface area contributed by atoms with Crippen LogP contribution in [-0.4, -0.2) is 24.8 Å². The van der Waals surface area contributed by atoms with Gasteiger partial charge in [-0.3, -0.25) is 14.4 Å². The fourth-order valence-electron chi connectivity index (χ4n) is 2.18. The van der Waals surface area contributed by atoms with Gasteiger partial charge >= 0.3 is 5.97 Å². The molecule has 2 aromatic carbocycles. The largest absolute Gasteiger partial charge is 0.469 e. The molecular weight excluding hydrogens is 306 g/mol. The van der Waals surface area contributed by atoms with Gasteiger partial charge in [-0.2, -0.15) is 0 Å². The van der Waals surface area contributed by atoms with E-state index in [1.54, 1.807) is 36.4 Å². The Labute approximate surface area is 140 Å². The summed E-state index contributed by atoms with van der Waals surface area (Å²) in [7, 11) is 1.34. The summed E-state index contributed by atoms with van der Waals surface area (Å²) in [6, 6.07) is 14.0. The Hall–Kier alpha value is -2.95. The maximum absolute atomic E-state index is 12.5. The number of methoxy groups -OCH3 is 1. The van der Waals surface area contributed by atoms with Crippen LogP contribution in [0.3, 0.4) is 0 Å². The summed E-state index contributed by atoms with van der Waals surface area (Å²) in [4.78, 5) is 34.6. The molecule has 0 atom stereocenters. The highest BCUT2D eigenvalue weighted by atomic mass is 16.5. The van der Waals surface area contributed by atoms with Crippen LogP contribution < -0.4 is 5.32 Å². The Morgan fingerprint density at radius 3 is 1.83 bits per heavy atom. The molecule has 0 heterocycles. The minimum absolute atomic E-state index is 0.0919. The topological polar surface area (TPSA) is 72.5 Å². The van der Waals surface area contributed by atoms with Crippen molar-refractivity contribution in [2.45, 2.75) is 19.9 Å². The van der Waals surface area contributed by atoms with Gasteiger partial charge in [0.15, 0.2) is 5.78 Å². The van der Waals surface area contributed by atoms with Crippen molar-refractivity contribution in [3.05, 3.63) is 70.8 Å². The van der Waals surface area contributed by atoms with Gasteiger partial charge in [-0.25, -0.2) is 0 Å². The van der Waals surface area contributed by atoms with Crippen molar-refractivity contribution >= 4 is 17.7 Å². The number of amides is 1. The molecule has 1 amide bonds. The number of nitrogens with one attached hydrogen (secondary N) is 1. The summed E-state index contributed by atoms with van der Waals surface area (Å²) in [5, 5.41) is 2.71. The molecule has 0 aliphatic heterocycles. The first kappa shape index (κ1) is 17.4. The number of carbonyl (C=O) groups excluding carboxylic acids is 3. The van der Waals surface area contributed by atoms with Crippen LogP contribution in [0.2, 0.25) is 0 Å². The van der Waals surface area contributed by atoms with E-state index in [0.29, 0.717) is 17.7 Å². The van der Waals surface area contributed by atoms with Gasteiger partial charge in [0.05, 0.1) is 13.5 Å². The van der Waals surface area contributed by atoms with E-state index < -0.39 is 0 Å². The number of rotatable bonds is 6. The molecule has 2 aromatic rings. The molecule has 0 bridgehead atoms. The van der Waals surface area contributed by atoms with Gasteiger partial charge in [0.2, 0.25) is 5.91 Å². The molecule has 0 radical (unpaired) electrons. The summed E-state index contributed by atoms with van der Waals surface area (Å²) in [5.41, 5.74) is 2.85. The molecule has 0 aliphatic rings. The Balaban J connectivity index is 2.05. The van der Waals surface area contributed by atoms with Gasteiger partial charge in [0, 0.05) is 24.6 Å². The molecule has 0 spiro atoms. The van der Waals surface area contributed by atoms with Gasteiger partial charge < -0.3 is 10.1 Å². The van der Waals surface area contributed by atoms with Crippen molar-refractivity contribution in [3.8, 4) is 0 Å². The lowest BCUT2D eigenvalue weighted by atomic mass is 10.0. The van der Waals surface area contributed by atoms with Crippen molar-refractivity contribution in [2.75, 3.05) is 7.11 Å². The van der Waals surface area contributed by atoms with Crippen LogP contribution in [0.1, 0.15) is 34.0 Å². The summed E-state index contributed by atoms with van der Waals surface area (Å²) < 4.78 is 4.61. The lowest BCUT2D eigenvalue weighted by molar-refractivity contribution is -0.139. The fourth-order valence-corrected chi connectivity index (χ4v) is 2.18. The third-order valence-corrected chi connectivity index (χ3v) is 3.55. The summed E-state index contributed by atoms with van der Waals surface area (Å²) >= 11 is 0. The minimum atomic E-state index is -0.316. The van der Waals surface area contributed by atoms with Crippen LogP contribution in [0, 0.1) is 0 Å². The molecule has 0 unspecified atom stereocenters. The van der Waals surface area contributed by atoms with Gasteiger partial charge in [0.1, 0.15) is 0 Å². The van der Waals surface area contributed by atoms with Gasteiger partial charge in [-0.1, -0.05) is 48.5 Å². The second-order valence-electron chi connectivity index (χ2n) is 5.39. The maximum atomic E-state index is 12.5. The van der Waals surface area contributed by atoms with E-state index in [9.17, 15) is 14.4 Å². The Bertz CT molecular complexity index is 733. The molecule has 2 rings (SSSR count). The van der Waals surface area contributed by atoms with E-state index in [1.165, 1.54) is 14.0 Å². The monoisotopic (exact) mass is 325 g/mol. The SMILES string of the molecule is COC(=O)Cc1ccc(C(=O)c2ccc(CNC(C)=O)cc2)cc1. The number of hydrogen-bond donors (Lipinski definition) is 1. The number of esters is 1. The standard InChI is InChI=1S/C19H19NO4/c1-13(21)20-12-15-5-9-17(10-6-15)19(23)16-7-3-14(4-8-16)11-18(22)24-2/h3-10H,11-12H2,1-2H3,(H,20,21). The fraction of sp³-hybridized carbons (Fsp3) is 0.211. The van der Waals surface area contributed by atoms with E-state index >= 15 is 0 Å². The Morgan fingerprint density at radius 1 is 0.875 bits per heavy atom. The van der Waals surface area contributed by atoms with Crippen LogP contribution in [-0.2, 0) is 27.3 Å². The van der Waals surface area contributed by atoms with E-state index in [1.807, 2.05) is 12.1 Å². The van der Waals surface area contributed by atoms with Crippen molar-refractivity contribution in [1.82, 2.24) is 5.32 Å². The first-order chi connectivity index (χ1) is 11.5. The molecule has 0 aromatic heterocycles. The molecule has 24 heavy (non-hydrogen) atoms. The predicted molar refractivity (Wildman–Crippen MR) is 89.6 cm³/mol. The van der Waals surface area contributed by atoms with Crippen molar-refractivity contribution in [3.63, 3.8) is 0 Å². The number of ether oxygens (including phenoxy) is 1. The van der Waals surface area contributed by atoms with Crippen molar-refractivity contribution < 1.29 is 19.1 Å². The van der Waals surface area contributed by atoms with Crippen LogP contribution in [0.5, 0.6) is 0 Å². The summed E-state index contributed by atoms with van der Waals surface area (Å²) in [5.74, 6) is -0.503. The average Bonchev–Trinajstić information content (AvgIpc) is 2.60. The van der Waals surface area contributed by atoms with Gasteiger partial charge in [-0.05, 0) is 11.1 Å². The molecule has 1 N–H and O–H groups in total. The molecule has 0 saturated heterocycles. The van der Waals surface area contributed by atoms with Gasteiger partial charge in [-0.15, -0.1) is 0 Å². The van der Waals surface area contributed by atoms with Crippen molar-refractivity contribution in [1.29, 1.82) is 0 Å². The lowest BCUT2D eigenvalue weighted by Gasteiger charge is -2.06. The average molecular weight is 325 g/mol. The zero-order chi connectivity index (χ0) is 17.5. The number of carbonyl (C=O) groups is 3. The van der Waals surface area contributed by atoms with E-state index in [-0.39, 0.29) is 24.1 Å². The number of benzene rings is 2. The molecule has 0 saturated carbocycles. The quantitative estimate of drug-likeness (QED) is 0.653. The van der Waals surface area contributed by atoms with Crippen LogP contribution in [0.25, 0.3) is 0 Å². The predicted octanol–water partition coefficient (Wildman–Crippen LogP) is 2.27. The molecule has 5 nitrogen and oxygen atoms in total. The third kappa shape index (κ3) is 4.78. The molecule has 0 fully saturated rings. The Kier molecular flexibility index (Phi) is 5.84. The first-order valence-corrected chi connectivity index (χ1v) is 7.53. The van der Waals surface area contributed by atoms with Crippen molar-refractivity contribution in [2.24, 2.45) is 0 Å². The lowest BCUT2D eigenvalue weighted by Crippen LogP contribution is -2.18. The summed E-state index contributed by atoms with van der Waals surface area (Å²) in [6.07, 6.45) is 0.183. The Morgan fingerprint density at radius 2 is 1.38 bits per heavy atom. The molecule has 0 aliphatic carbocycles. The smallest absolute Gasteiger partial charge is 0.309 e. The number of ketones is 1. The molecule has 124 valence electrons. The van der Waals surface area contributed by atoms with Crippen LogP contribution in [0.4, 0.5) is 0 Å². The maximum Gasteiger partial charge on any atom is 0.309 e. The third-order valence-electron chi connectivity index (χ3n) is 3.55. The molecule has 5 heteroatoms. The zero-order valence-electron chi connectivity index (χ0n) is 13.7. The summed E-state index contributed by atoms with van der Waals surface area (Å²) in [6.45, 7) is 1.90. The normalized spacial score (nSPS) is 10.1. The second-order valence-corrected chi connectivity index (χ2v) is 5.39. The first-order valence-electron chi connectivity index (χ1n) is 7.53. The zero-order valence-corrected chi connectivity index (χ0v) is 13.7. The second kappa shape index (κ2) is 8.06.